The predicted molar refractivity (Wildman–Crippen MR) is 152 cm³/mol. The molecule has 40 heavy (non-hydrogen) atoms. The van der Waals surface area contributed by atoms with Crippen molar-refractivity contribution in [3.8, 4) is 6.07 Å². The van der Waals surface area contributed by atoms with Gasteiger partial charge in [-0.25, -0.2) is 9.18 Å². The van der Waals surface area contributed by atoms with Crippen LogP contribution in [-0.2, 0) is 4.74 Å². The monoisotopic (exact) mass is 555 g/mol. The molecule has 8 nitrogen and oxygen atoms in total. The zero-order chi connectivity index (χ0) is 29.2. The molecule has 0 bridgehead atoms. The standard InChI is InChI=1S/C31H46FN5O3/c1-20-17-27(29(38)37(20)28(22-9-7-10-22)23-12-14-24(32)15-13-23)35(6)19-26(34-30(39)40-31(3,4)5)21(2)36-16-8-11-25(36)18-33/h12-15,20,22,25-29,38H,2,7-11,16-17,19H2,1,3-6H3,(H,34,39)/t20-,25?,26?,27?,28?,29?/m1/s1. The van der Waals surface area contributed by atoms with E-state index in [4.69, 9.17) is 4.74 Å². The number of likely N-dealkylation sites (tertiary alicyclic amines) is 2. The SMILES string of the molecule is C=C(C(CN(C)C1C[C@@H](C)N(C(c2ccc(F)cc2)C2CCC2)C1O)NC(=O)OC(C)(C)C)N1CCCC1C#N. The molecule has 2 N–H and O–H groups in total. The van der Waals surface area contributed by atoms with Gasteiger partial charge in [-0.05, 0) is 90.5 Å². The third-order valence-electron chi connectivity index (χ3n) is 8.77. The highest BCUT2D eigenvalue weighted by atomic mass is 19.1. The van der Waals surface area contributed by atoms with Gasteiger partial charge >= 0.3 is 6.09 Å². The molecule has 5 unspecified atom stereocenters. The van der Waals surface area contributed by atoms with E-state index >= 15 is 0 Å². The number of alkyl carbamates (subject to hydrolysis) is 1. The van der Waals surface area contributed by atoms with Crippen molar-refractivity contribution >= 4 is 6.09 Å². The second-order valence-corrected chi connectivity index (χ2v) is 12.8. The van der Waals surface area contributed by atoms with Crippen molar-refractivity contribution in [1.29, 1.82) is 5.26 Å². The zero-order valence-corrected chi connectivity index (χ0v) is 24.6. The van der Waals surface area contributed by atoms with Crippen LogP contribution < -0.4 is 5.32 Å². The Bertz CT molecular complexity index is 1080. The molecule has 220 valence electrons. The topological polar surface area (TPSA) is 92.1 Å². The number of rotatable bonds is 9. The maximum atomic E-state index is 13.7. The lowest BCUT2D eigenvalue weighted by Crippen LogP contribution is -2.53. The number of carbonyl (C=O) groups is 1. The van der Waals surface area contributed by atoms with E-state index in [2.05, 4.69) is 34.7 Å². The molecule has 1 saturated carbocycles. The van der Waals surface area contributed by atoms with E-state index in [1.54, 1.807) is 0 Å². The van der Waals surface area contributed by atoms with E-state index in [-0.39, 0.29) is 30.0 Å². The molecule has 3 fully saturated rings. The predicted octanol–water partition coefficient (Wildman–Crippen LogP) is 4.77. The Morgan fingerprint density at radius 2 is 1.95 bits per heavy atom. The van der Waals surface area contributed by atoms with E-state index in [0.717, 1.165) is 37.7 Å². The number of hydrogen-bond donors (Lipinski definition) is 2. The molecule has 1 aliphatic carbocycles. The third kappa shape index (κ3) is 6.79. The summed E-state index contributed by atoms with van der Waals surface area (Å²) < 4.78 is 19.3. The number of aliphatic hydroxyl groups excluding tert-OH is 1. The van der Waals surface area contributed by atoms with Crippen molar-refractivity contribution in [2.45, 2.75) is 108 Å². The average Bonchev–Trinajstić information content (AvgIpc) is 3.44. The highest BCUT2D eigenvalue weighted by molar-refractivity contribution is 5.68. The first kappa shape index (κ1) is 30.3. The van der Waals surface area contributed by atoms with Gasteiger partial charge in [0.05, 0.1) is 18.2 Å². The summed E-state index contributed by atoms with van der Waals surface area (Å²) in [5.74, 6) is 0.162. The lowest BCUT2D eigenvalue weighted by molar-refractivity contribution is -0.0663. The van der Waals surface area contributed by atoms with Crippen LogP contribution in [-0.4, -0.2) is 82.0 Å². The molecule has 1 aromatic rings. The normalized spacial score (nSPS) is 27.2. The third-order valence-corrected chi connectivity index (χ3v) is 8.77. The van der Waals surface area contributed by atoms with Crippen LogP contribution >= 0.6 is 0 Å². The number of likely N-dealkylation sites (N-methyl/N-ethyl adjacent to an activating group) is 1. The van der Waals surface area contributed by atoms with Crippen LogP contribution in [0.3, 0.4) is 0 Å². The van der Waals surface area contributed by atoms with Gasteiger partial charge in [-0.2, -0.15) is 5.26 Å². The van der Waals surface area contributed by atoms with Crippen LogP contribution in [0.2, 0.25) is 0 Å². The number of nitriles is 1. The second kappa shape index (κ2) is 12.5. The average molecular weight is 556 g/mol. The van der Waals surface area contributed by atoms with E-state index < -0.39 is 24.0 Å². The van der Waals surface area contributed by atoms with Gasteiger partial charge < -0.3 is 20.1 Å². The quantitative estimate of drug-likeness (QED) is 0.453. The van der Waals surface area contributed by atoms with Gasteiger partial charge in [-0.3, -0.25) is 9.80 Å². The molecule has 0 radical (unpaired) electrons. The van der Waals surface area contributed by atoms with E-state index in [1.165, 1.54) is 18.6 Å². The minimum absolute atomic E-state index is 0.0180. The number of ether oxygens (including phenoxy) is 1. The molecule has 4 rings (SSSR count). The molecule has 1 amide bonds. The molecular formula is C31H46FN5O3. The van der Waals surface area contributed by atoms with Crippen molar-refractivity contribution in [3.05, 3.63) is 47.9 Å². The number of aliphatic hydroxyl groups is 1. The van der Waals surface area contributed by atoms with Crippen molar-refractivity contribution in [2.75, 3.05) is 20.1 Å². The van der Waals surface area contributed by atoms with E-state index in [1.807, 2.05) is 44.9 Å². The Morgan fingerprint density at radius 3 is 2.52 bits per heavy atom. The summed E-state index contributed by atoms with van der Waals surface area (Å²) in [7, 11) is 1.96. The number of carbonyl (C=O) groups excluding carboxylic acids is 1. The summed E-state index contributed by atoms with van der Waals surface area (Å²) in [6.07, 6.45) is 4.50. The molecule has 0 spiro atoms. The molecule has 0 aromatic heterocycles. The molecule has 1 aromatic carbocycles. The summed E-state index contributed by atoms with van der Waals surface area (Å²) in [5, 5.41) is 24.4. The smallest absolute Gasteiger partial charge is 0.408 e. The summed E-state index contributed by atoms with van der Waals surface area (Å²) in [6, 6.07) is 8.24. The van der Waals surface area contributed by atoms with E-state index in [9.17, 15) is 19.6 Å². The highest BCUT2D eigenvalue weighted by Crippen LogP contribution is 2.46. The van der Waals surface area contributed by atoms with Gasteiger partial charge in [0, 0.05) is 30.9 Å². The van der Waals surface area contributed by atoms with Gasteiger partial charge in [0.2, 0.25) is 0 Å². The number of nitrogens with zero attached hydrogens (tertiary/aromatic N) is 4. The molecule has 2 saturated heterocycles. The van der Waals surface area contributed by atoms with Crippen molar-refractivity contribution in [3.63, 3.8) is 0 Å². The van der Waals surface area contributed by atoms with Crippen molar-refractivity contribution < 1.29 is 19.0 Å². The van der Waals surface area contributed by atoms with Gasteiger partial charge in [0.25, 0.3) is 0 Å². The fourth-order valence-corrected chi connectivity index (χ4v) is 6.55. The first-order valence-electron chi connectivity index (χ1n) is 14.7. The fraction of sp³-hybridized carbons (Fsp3) is 0.677. The molecule has 2 heterocycles. The van der Waals surface area contributed by atoms with Crippen molar-refractivity contribution in [1.82, 2.24) is 20.0 Å². The largest absolute Gasteiger partial charge is 0.444 e. The molecule has 3 aliphatic rings. The summed E-state index contributed by atoms with van der Waals surface area (Å²) in [6.45, 7) is 13.0. The summed E-state index contributed by atoms with van der Waals surface area (Å²) in [5.41, 5.74) is 1.06. The molecule has 9 heteroatoms. The highest BCUT2D eigenvalue weighted by Gasteiger charge is 2.47. The summed E-state index contributed by atoms with van der Waals surface area (Å²) >= 11 is 0. The van der Waals surface area contributed by atoms with Crippen LogP contribution in [0.4, 0.5) is 9.18 Å². The number of hydrogen-bond acceptors (Lipinski definition) is 7. The van der Waals surface area contributed by atoms with Gasteiger partial charge in [0.1, 0.15) is 23.7 Å². The minimum atomic E-state index is -0.732. The maximum Gasteiger partial charge on any atom is 0.408 e. The fourth-order valence-electron chi connectivity index (χ4n) is 6.55. The molecule has 2 aliphatic heterocycles. The van der Waals surface area contributed by atoms with Crippen LogP contribution in [0.5, 0.6) is 0 Å². The lowest BCUT2D eigenvalue weighted by Gasteiger charge is -2.44. The van der Waals surface area contributed by atoms with Crippen LogP contribution in [0.25, 0.3) is 0 Å². The van der Waals surface area contributed by atoms with Gasteiger partial charge in [0.15, 0.2) is 0 Å². The number of amides is 1. The van der Waals surface area contributed by atoms with Gasteiger partial charge in [-0.1, -0.05) is 25.1 Å². The van der Waals surface area contributed by atoms with Crippen molar-refractivity contribution in [2.24, 2.45) is 5.92 Å². The maximum absolute atomic E-state index is 13.7. The van der Waals surface area contributed by atoms with Crippen LogP contribution in [0.15, 0.2) is 36.5 Å². The van der Waals surface area contributed by atoms with Gasteiger partial charge in [-0.15, -0.1) is 0 Å². The number of halogens is 1. The molecule has 6 atom stereocenters. The van der Waals surface area contributed by atoms with Crippen LogP contribution in [0, 0.1) is 23.1 Å². The second-order valence-electron chi connectivity index (χ2n) is 12.8. The zero-order valence-electron chi connectivity index (χ0n) is 24.6. The Balaban J connectivity index is 1.53. The van der Waals surface area contributed by atoms with E-state index in [0.29, 0.717) is 24.7 Å². The van der Waals surface area contributed by atoms with Crippen LogP contribution in [0.1, 0.15) is 77.8 Å². The first-order chi connectivity index (χ1) is 18.9. The summed E-state index contributed by atoms with van der Waals surface area (Å²) in [4.78, 5) is 19.1. The minimum Gasteiger partial charge on any atom is -0.444 e. The Morgan fingerprint density at radius 1 is 1.27 bits per heavy atom. The lowest BCUT2D eigenvalue weighted by atomic mass is 9.76. The Labute approximate surface area is 238 Å². The molecular weight excluding hydrogens is 509 g/mol. The first-order valence-corrected chi connectivity index (χ1v) is 14.7. The number of benzene rings is 1. The Hall–Kier alpha value is -2.67. The Kier molecular flexibility index (Phi) is 9.44. The number of nitrogens with one attached hydrogen (secondary N) is 1.